The number of thiazole rings is 1. The van der Waals surface area contributed by atoms with Gasteiger partial charge in [-0.05, 0) is 31.4 Å². The van der Waals surface area contributed by atoms with Crippen molar-refractivity contribution < 1.29 is 13.9 Å². The second-order valence-corrected chi connectivity index (χ2v) is 7.43. The van der Waals surface area contributed by atoms with Crippen molar-refractivity contribution >= 4 is 28.8 Å². The average Bonchev–Trinajstić information content (AvgIpc) is 2.99. The fourth-order valence-electron chi connectivity index (χ4n) is 3.09. The third-order valence-electron chi connectivity index (χ3n) is 4.44. The molecule has 1 saturated carbocycles. The van der Waals surface area contributed by atoms with Gasteiger partial charge in [-0.3, -0.25) is 4.79 Å². The van der Waals surface area contributed by atoms with Crippen molar-refractivity contribution in [1.29, 1.82) is 0 Å². The summed E-state index contributed by atoms with van der Waals surface area (Å²) in [5.41, 5.74) is 0.888. The zero-order valence-corrected chi connectivity index (χ0v) is 14.4. The molecule has 1 unspecified atom stereocenters. The van der Waals surface area contributed by atoms with Crippen LogP contribution in [0, 0.1) is 5.82 Å². The Balaban J connectivity index is 1.41. The lowest BCUT2D eigenvalue weighted by molar-refractivity contribution is 0.0942. The molecule has 1 aromatic carbocycles. The lowest BCUT2D eigenvalue weighted by atomic mass is 10.1. The van der Waals surface area contributed by atoms with Gasteiger partial charge in [0, 0.05) is 34.5 Å². The van der Waals surface area contributed by atoms with Crippen molar-refractivity contribution in [3.63, 3.8) is 0 Å². The van der Waals surface area contributed by atoms with Crippen molar-refractivity contribution in [1.82, 2.24) is 10.3 Å². The summed E-state index contributed by atoms with van der Waals surface area (Å²) in [6, 6.07) is 4.55. The minimum absolute atomic E-state index is 0.0162. The highest BCUT2D eigenvalue weighted by Crippen LogP contribution is 2.45. The Morgan fingerprint density at radius 1 is 1.46 bits per heavy atom. The first-order valence-corrected chi connectivity index (χ1v) is 9.21. The summed E-state index contributed by atoms with van der Waals surface area (Å²) < 4.78 is 19.5. The van der Waals surface area contributed by atoms with E-state index < -0.39 is 0 Å². The summed E-state index contributed by atoms with van der Waals surface area (Å²) in [7, 11) is 0. The number of hydrogen-bond donors (Lipinski definition) is 1. The maximum absolute atomic E-state index is 13.9. The standard InChI is InChI=1S/C17H16ClFN2O2S/c18-10-3-1-4-11(19)15(10)9-7-12(9)20-16(22)13-8-24-17(21-13)14-5-2-6-23-14/h1,3-4,8-9,12,14H,2,5-7H2,(H,20,22)/t9-,12-,14?/m1/s1. The Morgan fingerprint density at radius 3 is 3.08 bits per heavy atom. The Kier molecular flexibility index (Phi) is 4.28. The molecule has 1 amide bonds. The number of carbonyl (C=O) groups is 1. The molecule has 1 saturated heterocycles. The zero-order chi connectivity index (χ0) is 16.7. The Morgan fingerprint density at radius 2 is 2.33 bits per heavy atom. The van der Waals surface area contributed by atoms with Crippen molar-refractivity contribution in [3.05, 3.63) is 50.7 Å². The molecule has 0 radical (unpaired) electrons. The van der Waals surface area contributed by atoms with Gasteiger partial charge in [0.1, 0.15) is 22.6 Å². The maximum Gasteiger partial charge on any atom is 0.270 e. The van der Waals surface area contributed by atoms with Gasteiger partial charge in [0.25, 0.3) is 5.91 Å². The number of ether oxygens (including phenoxy) is 1. The lowest BCUT2D eigenvalue weighted by Crippen LogP contribution is -2.27. The topological polar surface area (TPSA) is 51.2 Å². The molecule has 1 aliphatic carbocycles. The summed E-state index contributed by atoms with van der Waals surface area (Å²) in [4.78, 5) is 16.7. The maximum atomic E-state index is 13.9. The molecule has 7 heteroatoms. The van der Waals surface area contributed by atoms with Crippen LogP contribution >= 0.6 is 22.9 Å². The molecule has 2 aromatic rings. The largest absolute Gasteiger partial charge is 0.371 e. The number of amides is 1. The van der Waals surface area contributed by atoms with E-state index in [0.29, 0.717) is 22.7 Å². The Bertz CT molecular complexity index is 755. The van der Waals surface area contributed by atoms with Crippen LogP contribution in [0.25, 0.3) is 0 Å². The first-order valence-electron chi connectivity index (χ1n) is 7.95. The minimum atomic E-state index is -0.321. The van der Waals surface area contributed by atoms with Crippen molar-refractivity contribution in [2.24, 2.45) is 0 Å². The van der Waals surface area contributed by atoms with Crippen LogP contribution in [0.2, 0.25) is 5.02 Å². The first-order chi connectivity index (χ1) is 11.6. The quantitative estimate of drug-likeness (QED) is 0.887. The fraction of sp³-hybridized carbons (Fsp3) is 0.412. The van der Waals surface area contributed by atoms with Crippen LogP contribution in [-0.4, -0.2) is 23.5 Å². The van der Waals surface area contributed by atoms with Gasteiger partial charge in [0.15, 0.2) is 0 Å². The minimum Gasteiger partial charge on any atom is -0.371 e. The molecule has 126 valence electrons. The number of rotatable bonds is 4. The van der Waals surface area contributed by atoms with E-state index in [-0.39, 0.29) is 29.8 Å². The van der Waals surface area contributed by atoms with E-state index in [1.807, 2.05) is 0 Å². The van der Waals surface area contributed by atoms with Gasteiger partial charge in [-0.25, -0.2) is 9.37 Å². The summed E-state index contributed by atoms with van der Waals surface area (Å²) in [6.45, 7) is 0.749. The molecule has 3 atom stereocenters. The predicted octanol–water partition coefficient (Wildman–Crippen LogP) is 4.07. The van der Waals surface area contributed by atoms with E-state index in [2.05, 4.69) is 10.3 Å². The second-order valence-electron chi connectivity index (χ2n) is 6.13. The van der Waals surface area contributed by atoms with E-state index in [0.717, 1.165) is 24.5 Å². The molecule has 4 rings (SSSR count). The molecule has 0 bridgehead atoms. The number of halogens is 2. The van der Waals surface area contributed by atoms with Crippen LogP contribution < -0.4 is 5.32 Å². The summed E-state index contributed by atoms with van der Waals surface area (Å²) in [5, 5.41) is 5.92. The molecule has 1 aromatic heterocycles. The first kappa shape index (κ1) is 16.0. The Hall–Kier alpha value is -1.50. The highest BCUT2D eigenvalue weighted by atomic mass is 35.5. The molecular weight excluding hydrogens is 351 g/mol. The van der Waals surface area contributed by atoms with Gasteiger partial charge in [-0.2, -0.15) is 0 Å². The smallest absolute Gasteiger partial charge is 0.270 e. The molecule has 2 heterocycles. The van der Waals surface area contributed by atoms with E-state index in [1.165, 1.54) is 17.4 Å². The van der Waals surface area contributed by atoms with Gasteiger partial charge in [0.05, 0.1) is 0 Å². The third-order valence-corrected chi connectivity index (χ3v) is 5.70. The van der Waals surface area contributed by atoms with E-state index in [1.54, 1.807) is 17.5 Å². The molecule has 0 spiro atoms. The number of carbonyl (C=O) groups excluding carboxylic acids is 1. The van der Waals surface area contributed by atoms with Gasteiger partial charge < -0.3 is 10.1 Å². The van der Waals surface area contributed by atoms with Crippen molar-refractivity contribution in [2.75, 3.05) is 6.61 Å². The molecule has 1 aliphatic heterocycles. The predicted molar refractivity (Wildman–Crippen MR) is 90.1 cm³/mol. The van der Waals surface area contributed by atoms with E-state index in [9.17, 15) is 9.18 Å². The number of hydrogen-bond acceptors (Lipinski definition) is 4. The lowest BCUT2D eigenvalue weighted by Gasteiger charge is -2.06. The number of aromatic nitrogens is 1. The number of benzene rings is 1. The second kappa shape index (κ2) is 6.43. The van der Waals surface area contributed by atoms with Crippen molar-refractivity contribution in [3.8, 4) is 0 Å². The highest BCUT2D eigenvalue weighted by Gasteiger charge is 2.42. The fourth-order valence-corrected chi connectivity index (χ4v) is 4.28. The van der Waals surface area contributed by atoms with Crippen LogP contribution in [0.1, 0.15) is 52.3 Å². The van der Waals surface area contributed by atoms with Gasteiger partial charge in [0.2, 0.25) is 0 Å². The van der Waals surface area contributed by atoms with Crippen LogP contribution in [0.15, 0.2) is 23.6 Å². The molecular formula is C17H16ClFN2O2S. The van der Waals surface area contributed by atoms with Crippen LogP contribution in [0.4, 0.5) is 4.39 Å². The molecule has 2 fully saturated rings. The van der Waals surface area contributed by atoms with E-state index in [4.69, 9.17) is 16.3 Å². The molecule has 2 aliphatic rings. The summed E-state index contributed by atoms with van der Waals surface area (Å²) >= 11 is 7.53. The zero-order valence-electron chi connectivity index (χ0n) is 12.8. The number of nitrogens with zero attached hydrogens (tertiary/aromatic N) is 1. The van der Waals surface area contributed by atoms with Crippen molar-refractivity contribution in [2.45, 2.75) is 37.3 Å². The average molecular weight is 367 g/mol. The van der Waals surface area contributed by atoms with Crippen LogP contribution in [0.3, 0.4) is 0 Å². The summed E-state index contributed by atoms with van der Waals surface area (Å²) in [6.07, 6.45) is 2.68. The van der Waals surface area contributed by atoms with Crippen LogP contribution in [-0.2, 0) is 4.74 Å². The number of nitrogens with one attached hydrogen (secondary N) is 1. The van der Waals surface area contributed by atoms with Gasteiger partial charge in [-0.1, -0.05) is 17.7 Å². The normalized spacial score (nSPS) is 25.7. The SMILES string of the molecule is O=C(N[C@@H]1C[C@H]1c1c(F)cccc1Cl)c1csc(C2CCCO2)n1. The third kappa shape index (κ3) is 3.06. The molecule has 24 heavy (non-hydrogen) atoms. The van der Waals surface area contributed by atoms with Gasteiger partial charge in [-0.15, -0.1) is 11.3 Å². The Labute approximate surface area is 148 Å². The summed E-state index contributed by atoms with van der Waals surface area (Å²) in [5.74, 6) is -0.618. The molecule has 1 N–H and O–H groups in total. The highest BCUT2D eigenvalue weighted by molar-refractivity contribution is 7.09. The monoisotopic (exact) mass is 366 g/mol. The van der Waals surface area contributed by atoms with Crippen LogP contribution in [0.5, 0.6) is 0 Å². The van der Waals surface area contributed by atoms with Gasteiger partial charge >= 0.3 is 0 Å². The van der Waals surface area contributed by atoms with E-state index >= 15 is 0 Å². The molecule has 4 nitrogen and oxygen atoms in total.